The van der Waals surface area contributed by atoms with E-state index in [-0.39, 0.29) is 6.67 Å². The van der Waals surface area contributed by atoms with Gasteiger partial charge in [-0.15, -0.1) is 0 Å². The van der Waals surface area contributed by atoms with Gasteiger partial charge in [0.2, 0.25) is 0 Å². The van der Waals surface area contributed by atoms with Crippen LogP contribution in [0.3, 0.4) is 0 Å². The van der Waals surface area contributed by atoms with Crippen molar-refractivity contribution in [2.45, 2.75) is 13.8 Å². The molecule has 0 atom stereocenters. The van der Waals surface area contributed by atoms with Gasteiger partial charge in [-0.05, 0) is 91.2 Å². The molecule has 13 rings (SSSR count). The van der Waals surface area contributed by atoms with Crippen molar-refractivity contribution < 1.29 is 13.0 Å². The van der Waals surface area contributed by atoms with Gasteiger partial charge in [0.1, 0.15) is 24.0 Å². The first-order chi connectivity index (χ1) is 34.3. The average molecular weight is 847 g/mol. The normalized spacial score (nSPS) is 14.6. The first kappa shape index (κ1) is 31.5. The van der Waals surface area contributed by atoms with E-state index in [0.29, 0.717) is 39.3 Å². The molecule has 312 valence electrons. The maximum absolute atomic E-state index is 9.20. The second-order valence-electron chi connectivity index (χ2n) is 17.0. The molecule has 0 saturated heterocycles. The lowest BCUT2D eigenvalue weighted by Crippen LogP contribution is -2.25. The molecule has 0 fully saturated rings. The lowest BCUT2D eigenvalue weighted by atomic mass is 9.93. The van der Waals surface area contributed by atoms with Gasteiger partial charge in [-0.3, -0.25) is 4.57 Å². The summed E-state index contributed by atoms with van der Waals surface area (Å²) in [5, 5.41) is 5.18. The van der Waals surface area contributed by atoms with Gasteiger partial charge in [-0.2, -0.15) is 0 Å². The number of benzene rings is 8. The number of nitrogens with zero attached hydrogens (tertiary/aromatic N) is 6. The second-order valence-corrected chi connectivity index (χ2v) is 17.0. The number of para-hydroxylation sites is 5. The number of aromatic nitrogens is 4. The van der Waals surface area contributed by atoms with E-state index in [1.807, 2.05) is 146 Å². The van der Waals surface area contributed by atoms with Gasteiger partial charge in [0.05, 0.1) is 39.1 Å². The third-order valence-electron chi connectivity index (χ3n) is 13.4. The highest BCUT2D eigenvalue weighted by Crippen LogP contribution is 2.54. The molecule has 4 aromatic heterocycles. The monoisotopic (exact) mass is 846 g/mol. The lowest BCUT2D eigenvalue weighted by molar-refractivity contribution is 0.483. The molecule has 1 aliphatic heterocycles. The Labute approximate surface area is 384 Å². The fraction of sp³-hybridized carbons (Fsp3) is 0.0862. The maximum atomic E-state index is 9.20. The van der Waals surface area contributed by atoms with Crippen molar-refractivity contribution in [3.8, 4) is 28.4 Å². The molecule has 0 aliphatic carbocycles. The van der Waals surface area contributed by atoms with E-state index >= 15 is 0 Å². The molecule has 12 aromatic rings. The Morgan fingerprint density at radius 2 is 1.11 bits per heavy atom. The molecule has 7 nitrogen and oxygen atoms in total. The highest BCUT2D eigenvalue weighted by molar-refractivity contribution is 6.33. The zero-order chi connectivity index (χ0) is 48.5. The first-order valence-corrected chi connectivity index (χ1v) is 21.8. The highest BCUT2D eigenvalue weighted by Gasteiger charge is 2.34. The van der Waals surface area contributed by atoms with Crippen LogP contribution >= 0.6 is 0 Å². The third kappa shape index (κ3) is 5.45. The SMILES string of the molecule is [2H]C([2H])([2H])n1c2ccccc2c2c(-c3ccccc3)c3c4ccccc4n(C([2H])([2H])[2H])c3c(N3CN(c4cccc(Oc5ccc6c7ccccc7n(-c7cc(C)c(C)cn7)c6c5)c4)c4ccccc43)c21. The number of rotatable bonds is 6. The van der Waals surface area contributed by atoms with E-state index in [4.69, 9.17) is 9.72 Å². The van der Waals surface area contributed by atoms with Gasteiger partial charge >= 0.3 is 0 Å². The summed E-state index contributed by atoms with van der Waals surface area (Å²) in [6, 6.07) is 57.7. The fourth-order valence-corrected chi connectivity index (χ4v) is 10.3. The van der Waals surface area contributed by atoms with Gasteiger partial charge < -0.3 is 23.7 Å². The molecule has 0 bridgehead atoms. The molecule has 8 aromatic carbocycles. The summed E-state index contributed by atoms with van der Waals surface area (Å²) in [6.07, 6.45) is 1.92. The molecular weight excluding hydrogens is 797 g/mol. The predicted molar refractivity (Wildman–Crippen MR) is 270 cm³/mol. The topological polar surface area (TPSA) is 43.4 Å². The molecule has 65 heavy (non-hydrogen) atoms. The minimum Gasteiger partial charge on any atom is -0.457 e. The molecule has 0 unspecified atom stereocenters. The van der Waals surface area contributed by atoms with E-state index < -0.39 is 14.0 Å². The van der Waals surface area contributed by atoms with Crippen LogP contribution in [0.15, 0.2) is 182 Å². The summed E-state index contributed by atoms with van der Waals surface area (Å²) in [5.74, 6) is 2.11. The summed E-state index contributed by atoms with van der Waals surface area (Å²) in [6.45, 7) is -0.932. The Kier molecular flexibility index (Phi) is 6.85. The molecule has 0 N–H and O–H groups in total. The van der Waals surface area contributed by atoms with Crippen LogP contribution in [-0.4, -0.2) is 25.4 Å². The van der Waals surface area contributed by atoms with Crippen molar-refractivity contribution in [2.75, 3.05) is 16.5 Å². The number of hydrogen-bond donors (Lipinski definition) is 0. The predicted octanol–water partition coefficient (Wildman–Crippen LogP) is 14.8. The molecule has 0 radical (unpaired) electrons. The third-order valence-corrected chi connectivity index (χ3v) is 13.4. The van der Waals surface area contributed by atoms with Crippen LogP contribution < -0.4 is 14.5 Å². The van der Waals surface area contributed by atoms with Crippen LogP contribution in [0.5, 0.6) is 11.5 Å². The Bertz CT molecular complexity index is 4040. The summed E-state index contributed by atoms with van der Waals surface area (Å²) in [4.78, 5) is 9.12. The molecule has 1 aliphatic rings. The Morgan fingerprint density at radius 1 is 0.508 bits per heavy atom. The minimum absolute atomic E-state index is 0.220. The Balaban J connectivity index is 1.02. The van der Waals surface area contributed by atoms with Crippen molar-refractivity contribution in [1.29, 1.82) is 0 Å². The highest BCUT2D eigenvalue weighted by atomic mass is 16.5. The largest absolute Gasteiger partial charge is 0.457 e. The van der Waals surface area contributed by atoms with Crippen molar-refractivity contribution in [1.82, 2.24) is 18.7 Å². The van der Waals surface area contributed by atoms with E-state index in [1.165, 1.54) is 9.13 Å². The number of pyridine rings is 1. The van der Waals surface area contributed by atoms with Crippen molar-refractivity contribution in [3.05, 3.63) is 193 Å². The molecule has 0 saturated carbocycles. The van der Waals surface area contributed by atoms with Crippen LogP contribution in [0.25, 0.3) is 82.4 Å². The summed E-state index contributed by atoms with van der Waals surface area (Å²) in [7, 11) is 0. The minimum atomic E-state index is -2.66. The zero-order valence-electron chi connectivity index (χ0n) is 41.6. The molecular formula is C58H44N6O. The van der Waals surface area contributed by atoms with E-state index in [9.17, 15) is 8.22 Å². The van der Waals surface area contributed by atoms with Gasteiger partial charge in [0, 0.05) is 95.1 Å². The van der Waals surface area contributed by atoms with Crippen LogP contribution in [0.2, 0.25) is 0 Å². The van der Waals surface area contributed by atoms with Crippen LogP contribution in [0.4, 0.5) is 22.7 Å². The van der Waals surface area contributed by atoms with E-state index in [1.54, 1.807) is 0 Å². The van der Waals surface area contributed by atoms with Gasteiger partial charge in [-0.1, -0.05) is 103 Å². The molecule has 0 spiro atoms. The lowest BCUT2D eigenvalue weighted by Gasteiger charge is -2.26. The van der Waals surface area contributed by atoms with Gasteiger partial charge in [-0.25, -0.2) is 4.98 Å². The van der Waals surface area contributed by atoms with Crippen LogP contribution in [0.1, 0.15) is 19.4 Å². The molecule has 0 amide bonds. The number of anilines is 4. The standard InChI is InChI=1S/C58H44N6O/c1-36-31-52(59-34-37(36)2)64-48-26-13-8-21-42(48)43-30-29-41(33-51(43)64)65-40-20-16-19-39(32-40)62-35-63(50-28-15-14-27-49(50)62)58-56-54(44-22-9-11-24-46(44)60(56)3)53(38-17-6-5-7-18-38)55-45-23-10-12-25-47(45)61(4)57(55)58/h5-34H,35H2,1-4H3/i3D3,4D3. The number of aryl methyl sites for hydroxylation is 4. The maximum Gasteiger partial charge on any atom is 0.137 e. The molecule has 5 heterocycles. The number of ether oxygens (including phenoxy) is 1. The van der Waals surface area contributed by atoms with E-state index in [2.05, 4.69) is 64.6 Å². The fourth-order valence-electron chi connectivity index (χ4n) is 10.3. The summed E-state index contributed by atoms with van der Waals surface area (Å²) >= 11 is 0. The quantitative estimate of drug-likeness (QED) is 0.167. The zero-order valence-corrected chi connectivity index (χ0v) is 35.6. The number of hydrogen-bond acceptors (Lipinski definition) is 4. The summed E-state index contributed by atoms with van der Waals surface area (Å²) in [5.41, 5.74) is 10.8. The smallest absolute Gasteiger partial charge is 0.137 e. The Hall–Kier alpha value is -8.29. The summed E-state index contributed by atoms with van der Waals surface area (Å²) < 4.78 is 67.0. The van der Waals surface area contributed by atoms with Gasteiger partial charge in [0.15, 0.2) is 0 Å². The van der Waals surface area contributed by atoms with Crippen molar-refractivity contribution >= 4 is 88.2 Å². The first-order valence-electron chi connectivity index (χ1n) is 24.8. The molecule has 7 heteroatoms. The van der Waals surface area contributed by atoms with Gasteiger partial charge in [0.25, 0.3) is 0 Å². The van der Waals surface area contributed by atoms with Crippen LogP contribution in [-0.2, 0) is 14.0 Å². The average Bonchev–Trinajstić information content (AvgIpc) is 4.12. The second kappa shape index (κ2) is 14.1. The van der Waals surface area contributed by atoms with Crippen molar-refractivity contribution in [2.24, 2.45) is 14.0 Å². The number of fused-ring (bicyclic) bond motifs is 10. The van der Waals surface area contributed by atoms with Crippen molar-refractivity contribution in [3.63, 3.8) is 0 Å². The van der Waals surface area contributed by atoms with E-state index in [0.717, 1.165) is 88.5 Å². The Morgan fingerprint density at radius 3 is 1.80 bits per heavy atom. The van der Waals surface area contributed by atoms with Crippen LogP contribution in [0, 0.1) is 13.8 Å².